The summed E-state index contributed by atoms with van der Waals surface area (Å²) in [5, 5.41) is 5.55. The van der Waals surface area contributed by atoms with E-state index < -0.39 is 0 Å². The molecule has 0 spiro atoms. The molecule has 0 aliphatic heterocycles. The van der Waals surface area contributed by atoms with Crippen LogP contribution in [-0.4, -0.2) is 44.2 Å². The van der Waals surface area contributed by atoms with Crippen molar-refractivity contribution in [1.29, 1.82) is 0 Å². The largest absolute Gasteiger partial charge is 0.338 e. The lowest BCUT2D eigenvalue weighted by atomic mass is 10.5. The van der Waals surface area contributed by atoms with Gasteiger partial charge in [-0.25, -0.2) is 4.79 Å². The summed E-state index contributed by atoms with van der Waals surface area (Å²) in [5.74, 6) is 0. The third-order valence-corrected chi connectivity index (χ3v) is 1.85. The molecule has 2 N–H and O–H groups in total. The Morgan fingerprint density at radius 3 is 2.38 bits per heavy atom. The van der Waals surface area contributed by atoms with Gasteiger partial charge in [0.15, 0.2) is 0 Å². The molecule has 0 aromatic carbocycles. The first-order valence-corrected chi connectivity index (χ1v) is 4.91. The van der Waals surface area contributed by atoms with Crippen molar-refractivity contribution in [3.8, 4) is 0 Å². The Kier molecular flexibility index (Phi) is 7.39. The molecule has 0 aliphatic carbocycles. The SMILES string of the molecule is CCCNC(=O)NCCN(C)CC. The van der Waals surface area contributed by atoms with Crippen LogP contribution in [0.4, 0.5) is 4.79 Å². The quantitative estimate of drug-likeness (QED) is 0.641. The molecule has 4 nitrogen and oxygen atoms in total. The number of nitrogens with one attached hydrogen (secondary N) is 2. The second-order valence-electron chi connectivity index (χ2n) is 3.08. The van der Waals surface area contributed by atoms with E-state index in [0.717, 1.165) is 26.1 Å². The van der Waals surface area contributed by atoms with Crippen LogP contribution in [0.15, 0.2) is 0 Å². The molecule has 0 aromatic heterocycles. The first kappa shape index (κ1) is 12.2. The van der Waals surface area contributed by atoms with Gasteiger partial charge in [0.2, 0.25) is 0 Å². The molecule has 0 saturated heterocycles. The van der Waals surface area contributed by atoms with Crippen molar-refractivity contribution in [1.82, 2.24) is 15.5 Å². The maximum atomic E-state index is 11.0. The molecule has 0 radical (unpaired) electrons. The fourth-order valence-corrected chi connectivity index (χ4v) is 0.819. The molecular formula is C9H21N3O. The highest BCUT2D eigenvalue weighted by Crippen LogP contribution is 1.78. The van der Waals surface area contributed by atoms with Crippen molar-refractivity contribution in [2.75, 3.05) is 33.2 Å². The van der Waals surface area contributed by atoms with Gasteiger partial charge in [0.05, 0.1) is 0 Å². The van der Waals surface area contributed by atoms with Crippen LogP contribution >= 0.6 is 0 Å². The number of carbonyl (C=O) groups is 1. The van der Waals surface area contributed by atoms with Crippen LogP contribution < -0.4 is 10.6 Å². The van der Waals surface area contributed by atoms with E-state index in [1.807, 2.05) is 14.0 Å². The molecule has 13 heavy (non-hydrogen) atoms. The van der Waals surface area contributed by atoms with Crippen molar-refractivity contribution in [3.63, 3.8) is 0 Å². The van der Waals surface area contributed by atoms with Crippen molar-refractivity contribution < 1.29 is 4.79 Å². The maximum Gasteiger partial charge on any atom is 0.314 e. The molecule has 4 heteroatoms. The molecular weight excluding hydrogens is 166 g/mol. The van der Waals surface area contributed by atoms with Gasteiger partial charge in [-0.15, -0.1) is 0 Å². The summed E-state index contributed by atoms with van der Waals surface area (Å²) < 4.78 is 0. The minimum atomic E-state index is -0.0636. The topological polar surface area (TPSA) is 44.4 Å². The fraction of sp³-hybridized carbons (Fsp3) is 0.889. The molecule has 0 fully saturated rings. The summed E-state index contributed by atoms with van der Waals surface area (Å²) >= 11 is 0. The number of nitrogens with zero attached hydrogens (tertiary/aromatic N) is 1. The van der Waals surface area contributed by atoms with Gasteiger partial charge in [0, 0.05) is 19.6 Å². The summed E-state index contributed by atoms with van der Waals surface area (Å²) in [7, 11) is 2.03. The van der Waals surface area contributed by atoms with Crippen LogP contribution in [0.1, 0.15) is 20.3 Å². The molecule has 0 atom stereocenters. The highest BCUT2D eigenvalue weighted by Gasteiger charge is 1.98. The molecule has 0 aliphatic rings. The second kappa shape index (κ2) is 7.86. The van der Waals surface area contributed by atoms with E-state index in [4.69, 9.17) is 0 Å². The van der Waals surface area contributed by atoms with E-state index in [0.29, 0.717) is 6.54 Å². The molecule has 2 amide bonds. The Morgan fingerprint density at radius 2 is 1.85 bits per heavy atom. The number of hydrogen-bond acceptors (Lipinski definition) is 2. The van der Waals surface area contributed by atoms with Crippen LogP contribution in [0.5, 0.6) is 0 Å². The first-order valence-electron chi connectivity index (χ1n) is 4.91. The van der Waals surface area contributed by atoms with E-state index >= 15 is 0 Å². The average molecular weight is 187 g/mol. The number of rotatable bonds is 6. The van der Waals surface area contributed by atoms with Crippen LogP contribution in [0.25, 0.3) is 0 Å². The van der Waals surface area contributed by atoms with E-state index in [2.05, 4.69) is 22.5 Å². The van der Waals surface area contributed by atoms with Gasteiger partial charge in [0.25, 0.3) is 0 Å². The third kappa shape index (κ3) is 7.59. The van der Waals surface area contributed by atoms with Crippen molar-refractivity contribution >= 4 is 6.03 Å². The fourth-order valence-electron chi connectivity index (χ4n) is 0.819. The van der Waals surface area contributed by atoms with Gasteiger partial charge in [-0.3, -0.25) is 0 Å². The summed E-state index contributed by atoms with van der Waals surface area (Å²) in [6.07, 6.45) is 0.974. The minimum absolute atomic E-state index is 0.0636. The molecule has 0 aromatic rings. The van der Waals surface area contributed by atoms with Gasteiger partial charge in [-0.2, -0.15) is 0 Å². The lowest BCUT2D eigenvalue weighted by Crippen LogP contribution is -2.39. The minimum Gasteiger partial charge on any atom is -0.338 e. The van der Waals surface area contributed by atoms with Crippen molar-refractivity contribution in [2.45, 2.75) is 20.3 Å². The van der Waals surface area contributed by atoms with Crippen molar-refractivity contribution in [3.05, 3.63) is 0 Å². The Labute approximate surface area is 80.7 Å². The predicted octanol–water partition coefficient (Wildman–Crippen LogP) is 0.647. The normalized spacial score (nSPS) is 10.2. The van der Waals surface area contributed by atoms with Crippen LogP contribution in [0.3, 0.4) is 0 Å². The molecule has 0 rings (SSSR count). The highest BCUT2D eigenvalue weighted by molar-refractivity contribution is 5.73. The van der Waals surface area contributed by atoms with E-state index in [9.17, 15) is 4.79 Å². The van der Waals surface area contributed by atoms with Crippen molar-refractivity contribution in [2.24, 2.45) is 0 Å². The van der Waals surface area contributed by atoms with E-state index in [1.165, 1.54) is 0 Å². The lowest BCUT2D eigenvalue weighted by molar-refractivity contribution is 0.238. The zero-order valence-electron chi connectivity index (χ0n) is 8.89. The summed E-state index contributed by atoms with van der Waals surface area (Å²) in [4.78, 5) is 13.2. The van der Waals surface area contributed by atoms with Crippen LogP contribution in [0.2, 0.25) is 0 Å². The number of likely N-dealkylation sites (N-methyl/N-ethyl adjacent to an activating group) is 1. The number of hydrogen-bond donors (Lipinski definition) is 2. The third-order valence-electron chi connectivity index (χ3n) is 1.85. The summed E-state index contributed by atoms with van der Waals surface area (Å²) in [5.41, 5.74) is 0. The highest BCUT2D eigenvalue weighted by atomic mass is 16.2. The number of amides is 2. The Morgan fingerprint density at radius 1 is 1.23 bits per heavy atom. The van der Waals surface area contributed by atoms with Gasteiger partial charge in [-0.05, 0) is 20.0 Å². The molecule has 0 saturated carbocycles. The standard InChI is InChI=1S/C9H21N3O/c1-4-6-10-9(13)11-7-8-12(3)5-2/h4-8H2,1-3H3,(H2,10,11,13). The molecule has 78 valence electrons. The molecule has 0 bridgehead atoms. The van der Waals surface area contributed by atoms with Gasteiger partial charge >= 0.3 is 6.03 Å². The van der Waals surface area contributed by atoms with Gasteiger partial charge in [-0.1, -0.05) is 13.8 Å². The smallest absolute Gasteiger partial charge is 0.314 e. The number of urea groups is 1. The maximum absolute atomic E-state index is 11.0. The Hall–Kier alpha value is -0.770. The zero-order chi connectivity index (χ0) is 10.1. The van der Waals surface area contributed by atoms with E-state index in [1.54, 1.807) is 0 Å². The monoisotopic (exact) mass is 187 g/mol. The number of carbonyl (C=O) groups excluding carboxylic acids is 1. The van der Waals surface area contributed by atoms with Crippen LogP contribution in [-0.2, 0) is 0 Å². The predicted molar refractivity (Wildman–Crippen MR) is 54.9 cm³/mol. The Balaban J connectivity index is 3.26. The molecule has 0 heterocycles. The Bertz CT molecular complexity index is 139. The summed E-state index contributed by atoms with van der Waals surface area (Å²) in [6, 6.07) is -0.0636. The zero-order valence-corrected chi connectivity index (χ0v) is 8.89. The lowest BCUT2D eigenvalue weighted by Gasteiger charge is -2.14. The average Bonchev–Trinajstić information content (AvgIpc) is 2.14. The first-order chi connectivity index (χ1) is 6.20. The second-order valence-corrected chi connectivity index (χ2v) is 3.08. The van der Waals surface area contributed by atoms with E-state index in [-0.39, 0.29) is 6.03 Å². The van der Waals surface area contributed by atoms with Crippen LogP contribution in [0, 0.1) is 0 Å². The molecule has 0 unspecified atom stereocenters. The summed E-state index contributed by atoms with van der Waals surface area (Å²) in [6.45, 7) is 7.49. The van der Waals surface area contributed by atoms with Gasteiger partial charge in [0.1, 0.15) is 0 Å². The van der Waals surface area contributed by atoms with Gasteiger partial charge < -0.3 is 15.5 Å².